The van der Waals surface area contributed by atoms with E-state index in [9.17, 15) is 4.79 Å². The molecule has 0 aliphatic carbocycles. The van der Waals surface area contributed by atoms with Gasteiger partial charge in [-0.2, -0.15) is 11.8 Å². The number of nitrogens with zero attached hydrogens (tertiary/aromatic N) is 1. The first-order valence-corrected chi connectivity index (χ1v) is 7.68. The fraction of sp³-hybridized carbons (Fsp3) is 0.917. The number of carboxylic acid groups (broad SMARTS) is 1. The van der Waals surface area contributed by atoms with E-state index in [0.717, 1.165) is 18.7 Å². The first-order valence-electron chi connectivity index (χ1n) is 6.53. The predicted molar refractivity (Wildman–Crippen MR) is 70.6 cm³/mol. The first kappa shape index (κ1) is 13.2. The molecule has 2 heterocycles. The summed E-state index contributed by atoms with van der Waals surface area (Å²) in [6.45, 7) is 4.28. The van der Waals surface area contributed by atoms with Crippen molar-refractivity contribution >= 4 is 17.7 Å². The van der Waals surface area contributed by atoms with Crippen molar-refractivity contribution in [1.82, 2.24) is 10.2 Å². The second kappa shape index (κ2) is 6.07. The van der Waals surface area contributed by atoms with Crippen molar-refractivity contribution in [2.24, 2.45) is 0 Å². The molecular formula is C12H22N2O2S. The average Bonchev–Trinajstić information content (AvgIpc) is 2.35. The van der Waals surface area contributed by atoms with Crippen molar-refractivity contribution < 1.29 is 9.90 Å². The zero-order chi connectivity index (χ0) is 12.3. The standard InChI is InChI=1S/C12H22N2O2S/c1-2-9(12(15)16)13-10-4-3-5-14-6-7-17-8-11(10)14/h9-11,13H,2-8H2,1H3,(H,15,16). The van der Waals surface area contributed by atoms with Crippen LogP contribution < -0.4 is 5.32 Å². The van der Waals surface area contributed by atoms with Gasteiger partial charge in [0.15, 0.2) is 0 Å². The number of hydrogen-bond donors (Lipinski definition) is 2. The minimum Gasteiger partial charge on any atom is -0.480 e. The molecule has 5 heteroatoms. The lowest BCUT2D eigenvalue weighted by atomic mass is 9.96. The summed E-state index contributed by atoms with van der Waals surface area (Å²) in [5.41, 5.74) is 0. The monoisotopic (exact) mass is 258 g/mol. The molecular weight excluding hydrogens is 236 g/mol. The molecule has 2 aliphatic heterocycles. The summed E-state index contributed by atoms with van der Waals surface area (Å²) in [5, 5.41) is 12.5. The third kappa shape index (κ3) is 3.14. The van der Waals surface area contributed by atoms with Crippen LogP contribution in [-0.4, -0.2) is 58.7 Å². The van der Waals surface area contributed by atoms with Gasteiger partial charge in [0.2, 0.25) is 0 Å². The van der Waals surface area contributed by atoms with Crippen LogP contribution in [0.2, 0.25) is 0 Å². The third-order valence-electron chi connectivity index (χ3n) is 3.83. The topological polar surface area (TPSA) is 52.6 Å². The number of piperidine rings is 1. The molecule has 17 heavy (non-hydrogen) atoms. The van der Waals surface area contributed by atoms with Gasteiger partial charge in [0.1, 0.15) is 6.04 Å². The Hall–Kier alpha value is -0.260. The predicted octanol–water partition coefficient (Wildman–Crippen LogP) is 1.02. The lowest BCUT2D eigenvalue weighted by Crippen LogP contribution is -2.60. The minimum absolute atomic E-state index is 0.359. The Bertz CT molecular complexity index is 273. The zero-order valence-electron chi connectivity index (χ0n) is 10.4. The zero-order valence-corrected chi connectivity index (χ0v) is 11.2. The van der Waals surface area contributed by atoms with Gasteiger partial charge in [0, 0.05) is 30.1 Å². The maximum atomic E-state index is 11.1. The maximum absolute atomic E-state index is 11.1. The van der Waals surface area contributed by atoms with E-state index in [0.29, 0.717) is 18.5 Å². The van der Waals surface area contributed by atoms with Crippen LogP contribution in [0.3, 0.4) is 0 Å². The van der Waals surface area contributed by atoms with Gasteiger partial charge in [0.05, 0.1) is 0 Å². The number of fused-ring (bicyclic) bond motifs is 1. The van der Waals surface area contributed by atoms with Crippen molar-refractivity contribution in [3.8, 4) is 0 Å². The lowest BCUT2D eigenvalue weighted by Gasteiger charge is -2.45. The molecule has 0 aromatic carbocycles. The Kier molecular flexibility index (Phi) is 4.70. The minimum atomic E-state index is -0.715. The second-order valence-corrected chi connectivity index (χ2v) is 6.04. The smallest absolute Gasteiger partial charge is 0.320 e. The van der Waals surface area contributed by atoms with Crippen molar-refractivity contribution in [3.05, 3.63) is 0 Å². The number of hydrogen-bond acceptors (Lipinski definition) is 4. The van der Waals surface area contributed by atoms with Crippen LogP contribution >= 0.6 is 11.8 Å². The van der Waals surface area contributed by atoms with Crippen molar-refractivity contribution in [3.63, 3.8) is 0 Å². The Balaban J connectivity index is 1.96. The van der Waals surface area contributed by atoms with Crippen molar-refractivity contribution in [2.45, 2.75) is 44.3 Å². The number of rotatable bonds is 4. The Morgan fingerprint density at radius 2 is 2.41 bits per heavy atom. The quantitative estimate of drug-likeness (QED) is 0.788. The van der Waals surface area contributed by atoms with Gasteiger partial charge in [-0.05, 0) is 25.8 Å². The van der Waals surface area contributed by atoms with Gasteiger partial charge in [-0.3, -0.25) is 9.69 Å². The fourth-order valence-corrected chi connectivity index (χ4v) is 4.04. The molecule has 0 amide bonds. The highest BCUT2D eigenvalue weighted by molar-refractivity contribution is 7.99. The molecule has 2 fully saturated rings. The van der Waals surface area contributed by atoms with E-state index >= 15 is 0 Å². The molecule has 0 spiro atoms. The van der Waals surface area contributed by atoms with Gasteiger partial charge in [0.25, 0.3) is 0 Å². The summed E-state index contributed by atoms with van der Waals surface area (Å²) in [4.78, 5) is 13.6. The van der Waals surface area contributed by atoms with Crippen LogP contribution in [0.15, 0.2) is 0 Å². The highest BCUT2D eigenvalue weighted by atomic mass is 32.2. The molecule has 2 aliphatic rings. The van der Waals surface area contributed by atoms with Crippen molar-refractivity contribution in [1.29, 1.82) is 0 Å². The molecule has 0 bridgehead atoms. The largest absolute Gasteiger partial charge is 0.480 e. The fourth-order valence-electron chi connectivity index (χ4n) is 2.83. The van der Waals surface area contributed by atoms with E-state index in [-0.39, 0.29) is 6.04 Å². The van der Waals surface area contributed by atoms with Crippen LogP contribution in [0.5, 0.6) is 0 Å². The lowest BCUT2D eigenvalue weighted by molar-refractivity contribution is -0.140. The van der Waals surface area contributed by atoms with Gasteiger partial charge in [-0.25, -0.2) is 0 Å². The van der Waals surface area contributed by atoms with Crippen molar-refractivity contribution in [2.75, 3.05) is 24.6 Å². The highest BCUT2D eigenvalue weighted by Gasteiger charge is 2.34. The van der Waals surface area contributed by atoms with Crippen LogP contribution in [0.4, 0.5) is 0 Å². The molecule has 2 saturated heterocycles. The molecule has 0 saturated carbocycles. The normalized spacial score (nSPS) is 31.8. The third-order valence-corrected chi connectivity index (χ3v) is 4.88. The molecule has 0 radical (unpaired) electrons. The Labute approximate surface area is 107 Å². The Morgan fingerprint density at radius 3 is 3.12 bits per heavy atom. The van der Waals surface area contributed by atoms with Crippen LogP contribution in [-0.2, 0) is 4.79 Å². The summed E-state index contributed by atoms with van der Waals surface area (Å²) in [6, 6.07) is 0.514. The van der Waals surface area contributed by atoms with E-state index in [1.54, 1.807) is 0 Å². The van der Waals surface area contributed by atoms with Gasteiger partial charge in [-0.1, -0.05) is 6.92 Å². The molecule has 98 valence electrons. The van der Waals surface area contributed by atoms with Crippen LogP contribution in [0, 0.1) is 0 Å². The summed E-state index contributed by atoms with van der Waals surface area (Å²) in [5.74, 6) is 1.65. The number of carboxylic acids is 1. The summed E-state index contributed by atoms with van der Waals surface area (Å²) in [7, 11) is 0. The highest BCUT2D eigenvalue weighted by Crippen LogP contribution is 2.25. The molecule has 4 nitrogen and oxygen atoms in total. The van der Waals surface area contributed by atoms with E-state index < -0.39 is 5.97 Å². The summed E-state index contributed by atoms with van der Waals surface area (Å²) in [6.07, 6.45) is 2.96. The number of carbonyl (C=O) groups is 1. The molecule has 0 aromatic heterocycles. The maximum Gasteiger partial charge on any atom is 0.320 e. The van der Waals surface area contributed by atoms with Gasteiger partial charge in [-0.15, -0.1) is 0 Å². The van der Waals surface area contributed by atoms with E-state index in [1.807, 2.05) is 18.7 Å². The van der Waals surface area contributed by atoms with Gasteiger partial charge >= 0.3 is 5.97 Å². The number of nitrogens with one attached hydrogen (secondary N) is 1. The average molecular weight is 258 g/mol. The molecule has 3 atom stereocenters. The molecule has 2 N–H and O–H groups in total. The Morgan fingerprint density at radius 1 is 1.59 bits per heavy atom. The van der Waals surface area contributed by atoms with E-state index in [2.05, 4.69) is 10.2 Å². The van der Waals surface area contributed by atoms with Gasteiger partial charge < -0.3 is 10.4 Å². The van der Waals surface area contributed by atoms with E-state index in [1.165, 1.54) is 18.7 Å². The molecule has 0 aromatic rings. The summed E-state index contributed by atoms with van der Waals surface area (Å²) >= 11 is 2.00. The number of aliphatic carboxylic acids is 1. The molecule has 2 rings (SSSR count). The van der Waals surface area contributed by atoms with E-state index in [4.69, 9.17) is 5.11 Å². The second-order valence-electron chi connectivity index (χ2n) is 4.89. The SMILES string of the molecule is CCC(NC1CCCN2CCSCC12)C(=O)O. The summed E-state index contributed by atoms with van der Waals surface area (Å²) < 4.78 is 0. The van der Waals surface area contributed by atoms with Crippen LogP contribution in [0.25, 0.3) is 0 Å². The molecule has 3 unspecified atom stereocenters. The number of thioether (sulfide) groups is 1. The van der Waals surface area contributed by atoms with Crippen LogP contribution in [0.1, 0.15) is 26.2 Å². The first-order chi connectivity index (χ1) is 8.22.